The molecule has 0 atom stereocenters. The van der Waals surface area contributed by atoms with Crippen molar-refractivity contribution in [2.45, 2.75) is 26.7 Å². The Morgan fingerprint density at radius 1 is 1.40 bits per heavy atom. The summed E-state index contributed by atoms with van der Waals surface area (Å²) < 4.78 is 1.89. The van der Waals surface area contributed by atoms with Gasteiger partial charge in [-0.25, -0.2) is 9.50 Å². The molecule has 0 spiro atoms. The average molecular weight is 277 g/mol. The first-order chi connectivity index (χ1) is 9.67. The zero-order chi connectivity index (χ0) is 14.5. The minimum Gasteiger partial charge on any atom is -0.395 e. The van der Waals surface area contributed by atoms with Crippen LogP contribution in [0.1, 0.15) is 24.6 Å². The van der Waals surface area contributed by atoms with Gasteiger partial charge in [-0.2, -0.15) is 5.10 Å². The predicted molar refractivity (Wildman–Crippen MR) is 79.7 cm³/mol. The number of fused-ring (bicyclic) bond motifs is 1. The second-order valence-corrected chi connectivity index (χ2v) is 4.99. The third-order valence-electron chi connectivity index (χ3n) is 3.62. The van der Waals surface area contributed by atoms with Gasteiger partial charge >= 0.3 is 0 Å². The normalized spacial score (nSPS) is 11.6. The molecule has 110 valence electrons. The van der Waals surface area contributed by atoms with Crippen LogP contribution in [0.5, 0.6) is 0 Å². The lowest BCUT2D eigenvalue weighted by atomic mass is 10.2. The van der Waals surface area contributed by atoms with Gasteiger partial charge in [0.05, 0.1) is 6.61 Å². The van der Waals surface area contributed by atoms with Crippen molar-refractivity contribution < 1.29 is 5.11 Å². The van der Waals surface area contributed by atoms with Gasteiger partial charge in [-0.3, -0.25) is 0 Å². The number of anilines is 1. The molecule has 2 heterocycles. The van der Waals surface area contributed by atoms with E-state index in [1.807, 2.05) is 11.4 Å². The highest BCUT2D eigenvalue weighted by atomic mass is 16.3. The first kappa shape index (κ1) is 14.7. The van der Waals surface area contributed by atoms with Crippen LogP contribution < -0.4 is 5.73 Å². The molecule has 0 bridgehead atoms. The Kier molecular flexibility index (Phi) is 4.92. The van der Waals surface area contributed by atoms with E-state index >= 15 is 0 Å². The van der Waals surface area contributed by atoms with E-state index in [1.54, 1.807) is 0 Å². The number of likely N-dealkylation sites (N-methyl/N-ethyl adjacent to an activating group) is 1. The Bertz CT molecular complexity index is 566. The molecule has 6 heteroatoms. The molecule has 0 aliphatic rings. The number of nitrogen functional groups attached to an aromatic ring is 1. The minimum atomic E-state index is 0.213. The lowest BCUT2D eigenvalue weighted by Gasteiger charge is -2.18. The Morgan fingerprint density at radius 3 is 2.90 bits per heavy atom. The van der Waals surface area contributed by atoms with E-state index in [0.29, 0.717) is 5.82 Å². The summed E-state index contributed by atoms with van der Waals surface area (Å²) in [7, 11) is 0. The predicted octanol–water partition coefficient (Wildman–Crippen LogP) is 0.867. The van der Waals surface area contributed by atoms with E-state index in [2.05, 4.69) is 28.0 Å². The number of aliphatic hydroxyl groups excluding tert-OH is 1. The number of nitrogens with two attached hydrogens (primary N) is 1. The third kappa shape index (κ3) is 3.08. The fourth-order valence-corrected chi connectivity index (χ4v) is 2.56. The van der Waals surface area contributed by atoms with Gasteiger partial charge in [0.15, 0.2) is 5.82 Å². The van der Waals surface area contributed by atoms with E-state index in [0.717, 1.165) is 49.2 Å². The molecule has 20 heavy (non-hydrogen) atoms. The summed E-state index contributed by atoms with van der Waals surface area (Å²) in [6.45, 7) is 7.03. The van der Waals surface area contributed by atoms with Crippen molar-refractivity contribution >= 4 is 11.3 Å². The molecule has 0 fully saturated rings. The summed E-state index contributed by atoms with van der Waals surface area (Å²) in [6, 6.07) is 2.13. The minimum absolute atomic E-state index is 0.213. The molecular formula is C14H23N5O. The number of hydrogen-bond donors (Lipinski definition) is 2. The van der Waals surface area contributed by atoms with Crippen molar-refractivity contribution in [3.05, 3.63) is 23.7 Å². The maximum atomic E-state index is 8.98. The van der Waals surface area contributed by atoms with Crippen molar-refractivity contribution in [1.29, 1.82) is 0 Å². The second-order valence-electron chi connectivity index (χ2n) is 4.99. The van der Waals surface area contributed by atoms with Gasteiger partial charge in [0, 0.05) is 12.2 Å². The number of aliphatic hydroxyl groups is 1. The number of aryl methyl sites for hydroxylation is 2. The third-order valence-corrected chi connectivity index (χ3v) is 3.62. The Hall–Kier alpha value is -1.66. The molecule has 0 aliphatic heterocycles. The monoisotopic (exact) mass is 277 g/mol. The van der Waals surface area contributed by atoms with Crippen LogP contribution in [0.15, 0.2) is 12.4 Å². The molecular weight excluding hydrogens is 254 g/mol. The van der Waals surface area contributed by atoms with Crippen molar-refractivity contribution in [3.63, 3.8) is 0 Å². The molecule has 0 aromatic carbocycles. The summed E-state index contributed by atoms with van der Waals surface area (Å²) in [5.41, 5.74) is 9.08. The molecule has 6 nitrogen and oxygen atoms in total. The number of rotatable bonds is 7. The van der Waals surface area contributed by atoms with E-state index in [4.69, 9.17) is 10.8 Å². The average Bonchev–Trinajstić information content (AvgIpc) is 2.76. The topological polar surface area (TPSA) is 79.7 Å². The van der Waals surface area contributed by atoms with Crippen LogP contribution >= 0.6 is 0 Å². The Labute approximate surface area is 119 Å². The highest BCUT2D eigenvalue weighted by Gasteiger charge is 2.10. The molecule has 0 saturated heterocycles. The quantitative estimate of drug-likeness (QED) is 0.785. The Balaban J connectivity index is 2.05. The summed E-state index contributed by atoms with van der Waals surface area (Å²) in [5.74, 6) is 0.527. The summed E-state index contributed by atoms with van der Waals surface area (Å²) in [4.78, 5) is 6.28. The van der Waals surface area contributed by atoms with Gasteiger partial charge < -0.3 is 15.7 Å². The summed E-state index contributed by atoms with van der Waals surface area (Å²) in [6.07, 6.45) is 3.46. The largest absolute Gasteiger partial charge is 0.395 e. The SMILES string of the molecule is CCN(CCO)CCCc1cc(C)c2c(N)ncnn12. The van der Waals surface area contributed by atoms with E-state index in [-0.39, 0.29) is 6.61 Å². The molecule has 0 aliphatic carbocycles. The molecule has 2 rings (SSSR count). The zero-order valence-corrected chi connectivity index (χ0v) is 12.2. The van der Waals surface area contributed by atoms with Gasteiger partial charge in [-0.1, -0.05) is 6.92 Å². The van der Waals surface area contributed by atoms with Gasteiger partial charge in [0.25, 0.3) is 0 Å². The lowest BCUT2D eigenvalue weighted by molar-refractivity contribution is 0.200. The zero-order valence-electron chi connectivity index (χ0n) is 12.2. The van der Waals surface area contributed by atoms with Crippen LogP contribution in [-0.4, -0.2) is 50.8 Å². The van der Waals surface area contributed by atoms with E-state index < -0.39 is 0 Å². The summed E-state index contributed by atoms with van der Waals surface area (Å²) >= 11 is 0. The maximum absolute atomic E-state index is 8.98. The Morgan fingerprint density at radius 2 is 2.20 bits per heavy atom. The first-order valence-corrected chi connectivity index (χ1v) is 7.08. The smallest absolute Gasteiger partial charge is 0.151 e. The first-order valence-electron chi connectivity index (χ1n) is 7.08. The maximum Gasteiger partial charge on any atom is 0.151 e. The highest BCUT2D eigenvalue weighted by molar-refractivity contribution is 5.70. The fraction of sp³-hybridized carbons (Fsp3) is 0.571. The lowest BCUT2D eigenvalue weighted by Crippen LogP contribution is -2.28. The van der Waals surface area contributed by atoms with Crippen molar-refractivity contribution in [3.8, 4) is 0 Å². The van der Waals surface area contributed by atoms with Gasteiger partial charge in [0.1, 0.15) is 11.8 Å². The molecule has 0 amide bonds. The van der Waals surface area contributed by atoms with E-state index in [1.165, 1.54) is 6.33 Å². The summed E-state index contributed by atoms with van der Waals surface area (Å²) in [5, 5.41) is 13.3. The van der Waals surface area contributed by atoms with Crippen LogP contribution in [0.2, 0.25) is 0 Å². The number of nitrogens with zero attached hydrogens (tertiary/aromatic N) is 4. The number of hydrogen-bond acceptors (Lipinski definition) is 5. The molecule has 0 radical (unpaired) electrons. The molecule has 2 aromatic rings. The van der Waals surface area contributed by atoms with Crippen molar-refractivity contribution in [2.24, 2.45) is 0 Å². The number of aromatic nitrogens is 3. The highest BCUT2D eigenvalue weighted by Crippen LogP contribution is 2.19. The van der Waals surface area contributed by atoms with Gasteiger partial charge in [-0.15, -0.1) is 0 Å². The fourth-order valence-electron chi connectivity index (χ4n) is 2.56. The van der Waals surface area contributed by atoms with Gasteiger partial charge in [-0.05, 0) is 44.5 Å². The second kappa shape index (κ2) is 6.67. The van der Waals surface area contributed by atoms with Crippen LogP contribution in [0.25, 0.3) is 5.52 Å². The van der Waals surface area contributed by atoms with Crippen LogP contribution in [-0.2, 0) is 6.42 Å². The van der Waals surface area contributed by atoms with Crippen LogP contribution in [0.4, 0.5) is 5.82 Å². The molecule has 0 unspecified atom stereocenters. The molecule has 2 aromatic heterocycles. The van der Waals surface area contributed by atoms with E-state index in [9.17, 15) is 0 Å². The van der Waals surface area contributed by atoms with Crippen LogP contribution in [0.3, 0.4) is 0 Å². The molecule has 0 saturated carbocycles. The standard InChI is InChI=1S/C14H23N5O/c1-3-18(7-8-20)6-4-5-12-9-11(2)13-14(15)16-10-17-19(12)13/h9-10,20H,3-8H2,1-2H3,(H2,15,16,17). The molecule has 3 N–H and O–H groups in total. The van der Waals surface area contributed by atoms with Crippen molar-refractivity contribution in [2.75, 3.05) is 32.0 Å². The van der Waals surface area contributed by atoms with Gasteiger partial charge in [0.2, 0.25) is 0 Å². The van der Waals surface area contributed by atoms with Crippen molar-refractivity contribution in [1.82, 2.24) is 19.5 Å². The van der Waals surface area contributed by atoms with Crippen LogP contribution in [0, 0.1) is 6.92 Å².